The smallest absolute Gasteiger partial charge is 0.318 e. The second kappa shape index (κ2) is 7.69. The van der Waals surface area contributed by atoms with Crippen molar-refractivity contribution in [2.24, 2.45) is 0 Å². The Morgan fingerprint density at radius 2 is 1.83 bits per heavy atom. The number of hydrogen-bond acceptors (Lipinski definition) is 4. The first kappa shape index (κ1) is 15.4. The summed E-state index contributed by atoms with van der Waals surface area (Å²) in [6.07, 6.45) is 3.93. The molecule has 6 heteroatoms. The molecule has 3 aromatic heterocycles. The zero-order chi connectivity index (χ0) is 15.9. The van der Waals surface area contributed by atoms with Crippen LogP contribution in [0.5, 0.6) is 0 Å². The standard InChI is InChI=1S/C17H18N2O3S/c20-17(18-8-7-14-4-1-9-21-14)19(12-15-5-2-10-22-15)13-16-6-3-11-23-16/h1-6,9-11H,7-8,12-13H2,(H,18,20). The van der Waals surface area contributed by atoms with Crippen LogP contribution in [0.25, 0.3) is 0 Å². The normalized spacial score (nSPS) is 10.6. The fraction of sp³-hybridized carbons (Fsp3) is 0.235. The second-order valence-corrected chi connectivity index (χ2v) is 6.11. The van der Waals surface area contributed by atoms with Gasteiger partial charge in [0.15, 0.2) is 0 Å². The topological polar surface area (TPSA) is 58.6 Å². The van der Waals surface area contributed by atoms with Crippen LogP contribution >= 0.6 is 11.3 Å². The van der Waals surface area contributed by atoms with Gasteiger partial charge in [0, 0.05) is 17.8 Å². The van der Waals surface area contributed by atoms with Crippen molar-refractivity contribution in [3.8, 4) is 0 Å². The minimum absolute atomic E-state index is 0.110. The van der Waals surface area contributed by atoms with Gasteiger partial charge in [-0.25, -0.2) is 4.79 Å². The summed E-state index contributed by atoms with van der Waals surface area (Å²) in [5, 5.41) is 4.95. The second-order valence-electron chi connectivity index (χ2n) is 5.08. The molecule has 2 amide bonds. The maximum absolute atomic E-state index is 12.5. The third kappa shape index (κ3) is 4.50. The molecule has 3 aromatic rings. The molecule has 0 bridgehead atoms. The number of amides is 2. The molecule has 0 saturated heterocycles. The number of thiophene rings is 1. The molecule has 0 aliphatic carbocycles. The van der Waals surface area contributed by atoms with Gasteiger partial charge >= 0.3 is 6.03 Å². The highest BCUT2D eigenvalue weighted by Gasteiger charge is 2.16. The number of urea groups is 1. The third-order valence-corrected chi connectivity index (χ3v) is 4.23. The van der Waals surface area contributed by atoms with E-state index in [1.807, 2.05) is 41.8 Å². The van der Waals surface area contributed by atoms with Gasteiger partial charge in [-0.15, -0.1) is 11.3 Å². The summed E-state index contributed by atoms with van der Waals surface area (Å²) in [6.45, 7) is 1.54. The Balaban J connectivity index is 1.58. The van der Waals surface area contributed by atoms with Crippen molar-refractivity contribution >= 4 is 17.4 Å². The minimum atomic E-state index is -0.110. The molecule has 0 aliphatic rings. The fourth-order valence-electron chi connectivity index (χ4n) is 2.24. The Bertz CT molecular complexity index is 654. The van der Waals surface area contributed by atoms with E-state index in [2.05, 4.69) is 5.32 Å². The third-order valence-electron chi connectivity index (χ3n) is 3.37. The van der Waals surface area contributed by atoms with Gasteiger partial charge in [-0.1, -0.05) is 6.07 Å². The molecule has 0 saturated carbocycles. The molecular weight excluding hydrogens is 312 g/mol. The first-order valence-electron chi connectivity index (χ1n) is 7.41. The van der Waals surface area contributed by atoms with E-state index >= 15 is 0 Å². The SMILES string of the molecule is O=C(NCCc1ccco1)N(Cc1ccco1)Cc1cccs1. The van der Waals surface area contributed by atoms with Gasteiger partial charge in [-0.3, -0.25) is 0 Å². The average Bonchev–Trinajstić information content (AvgIpc) is 3.30. The summed E-state index contributed by atoms with van der Waals surface area (Å²) in [5.41, 5.74) is 0. The lowest BCUT2D eigenvalue weighted by molar-refractivity contribution is 0.188. The summed E-state index contributed by atoms with van der Waals surface area (Å²) < 4.78 is 10.6. The summed E-state index contributed by atoms with van der Waals surface area (Å²) >= 11 is 1.64. The van der Waals surface area contributed by atoms with Crippen molar-refractivity contribution in [1.29, 1.82) is 0 Å². The van der Waals surface area contributed by atoms with Crippen molar-refractivity contribution in [2.75, 3.05) is 6.54 Å². The molecule has 3 heterocycles. The molecule has 1 N–H and O–H groups in total. The molecule has 0 atom stereocenters. The molecule has 3 rings (SSSR count). The van der Waals surface area contributed by atoms with Crippen molar-refractivity contribution < 1.29 is 13.6 Å². The number of carbonyl (C=O) groups excluding carboxylic acids is 1. The van der Waals surface area contributed by atoms with Crippen LogP contribution in [-0.2, 0) is 19.5 Å². The molecule has 0 radical (unpaired) electrons. The summed E-state index contributed by atoms with van der Waals surface area (Å²) in [7, 11) is 0. The van der Waals surface area contributed by atoms with Crippen LogP contribution in [0.15, 0.2) is 63.1 Å². The van der Waals surface area contributed by atoms with Crippen LogP contribution in [0.1, 0.15) is 16.4 Å². The molecule has 0 fully saturated rings. The van der Waals surface area contributed by atoms with Gasteiger partial charge < -0.3 is 19.1 Å². The first-order chi connectivity index (χ1) is 11.3. The largest absolute Gasteiger partial charge is 0.469 e. The lowest BCUT2D eigenvalue weighted by atomic mass is 10.3. The monoisotopic (exact) mass is 330 g/mol. The van der Waals surface area contributed by atoms with E-state index in [-0.39, 0.29) is 6.03 Å². The number of nitrogens with zero attached hydrogens (tertiary/aromatic N) is 1. The Hall–Kier alpha value is -2.47. The number of carbonyl (C=O) groups is 1. The highest BCUT2D eigenvalue weighted by atomic mass is 32.1. The lowest BCUT2D eigenvalue weighted by Crippen LogP contribution is -2.39. The fourth-order valence-corrected chi connectivity index (χ4v) is 2.96. The van der Waals surface area contributed by atoms with E-state index in [4.69, 9.17) is 8.83 Å². The van der Waals surface area contributed by atoms with Crippen LogP contribution in [-0.4, -0.2) is 17.5 Å². The van der Waals surface area contributed by atoms with E-state index < -0.39 is 0 Å². The van der Waals surface area contributed by atoms with Crippen LogP contribution in [0.2, 0.25) is 0 Å². The molecule has 0 aromatic carbocycles. The molecule has 0 aliphatic heterocycles. The van der Waals surface area contributed by atoms with E-state index in [0.29, 0.717) is 26.1 Å². The van der Waals surface area contributed by atoms with Gasteiger partial charge in [0.2, 0.25) is 0 Å². The van der Waals surface area contributed by atoms with Gasteiger partial charge in [0.25, 0.3) is 0 Å². The highest BCUT2D eigenvalue weighted by molar-refractivity contribution is 7.09. The predicted molar refractivity (Wildman–Crippen MR) is 88.1 cm³/mol. The molecule has 120 valence electrons. The Kier molecular flexibility index (Phi) is 5.16. The zero-order valence-corrected chi connectivity index (χ0v) is 13.4. The van der Waals surface area contributed by atoms with Gasteiger partial charge in [-0.05, 0) is 35.7 Å². The molecular formula is C17H18N2O3S. The number of furan rings is 2. The Morgan fingerprint density at radius 3 is 2.48 bits per heavy atom. The average molecular weight is 330 g/mol. The Morgan fingerprint density at radius 1 is 1.04 bits per heavy atom. The molecule has 23 heavy (non-hydrogen) atoms. The molecule has 0 spiro atoms. The first-order valence-corrected chi connectivity index (χ1v) is 8.29. The number of hydrogen-bond donors (Lipinski definition) is 1. The summed E-state index contributed by atoms with van der Waals surface area (Å²) in [4.78, 5) is 15.4. The van der Waals surface area contributed by atoms with E-state index in [9.17, 15) is 4.79 Å². The van der Waals surface area contributed by atoms with Crippen molar-refractivity contribution in [3.05, 3.63) is 70.7 Å². The van der Waals surface area contributed by atoms with Gasteiger partial charge in [-0.2, -0.15) is 0 Å². The van der Waals surface area contributed by atoms with Crippen LogP contribution in [0.3, 0.4) is 0 Å². The molecule has 0 unspecified atom stereocenters. The van der Waals surface area contributed by atoms with Gasteiger partial charge in [0.1, 0.15) is 11.5 Å². The van der Waals surface area contributed by atoms with Gasteiger partial charge in [0.05, 0.1) is 25.6 Å². The molecule has 5 nitrogen and oxygen atoms in total. The van der Waals surface area contributed by atoms with E-state index in [1.165, 1.54) is 0 Å². The van der Waals surface area contributed by atoms with E-state index in [1.54, 1.807) is 28.8 Å². The summed E-state index contributed by atoms with van der Waals surface area (Å²) in [5.74, 6) is 1.63. The number of rotatable bonds is 7. The maximum atomic E-state index is 12.5. The quantitative estimate of drug-likeness (QED) is 0.715. The van der Waals surface area contributed by atoms with Crippen LogP contribution in [0, 0.1) is 0 Å². The van der Waals surface area contributed by atoms with Crippen LogP contribution in [0.4, 0.5) is 4.79 Å². The van der Waals surface area contributed by atoms with E-state index in [0.717, 1.165) is 16.4 Å². The Labute approximate surface area is 138 Å². The number of nitrogens with one attached hydrogen (secondary N) is 1. The van der Waals surface area contributed by atoms with Crippen molar-refractivity contribution in [3.63, 3.8) is 0 Å². The summed E-state index contributed by atoms with van der Waals surface area (Å²) in [6, 6.07) is 11.3. The van der Waals surface area contributed by atoms with Crippen molar-refractivity contribution in [1.82, 2.24) is 10.2 Å². The lowest BCUT2D eigenvalue weighted by Gasteiger charge is -2.21. The predicted octanol–water partition coefficient (Wildman–Crippen LogP) is 3.89. The minimum Gasteiger partial charge on any atom is -0.469 e. The highest BCUT2D eigenvalue weighted by Crippen LogP contribution is 2.15. The van der Waals surface area contributed by atoms with Crippen molar-refractivity contribution in [2.45, 2.75) is 19.5 Å². The van der Waals surface area contributed by atoms with Crippen LogP contribution < -0.4 is 5.32 Å². The zero-order valence-electron chi connectivity index (χ0n) is 12.6. The maximum Gasteiger partial charge on any atom is 0.318 e.